The van der Waals surface area contributed by atoms with Crippen molar-refractivity contribution < 1.29 is 9.53 Å². The summed E-state index contributed by atoms with van der Waals surface area (Å²) in [5, 5.41) is 11.5. The molecule has 0 aliphatic rings. The van der Waals surface area contributed by atoms with E-state index in [4.69, 9.17) is 21.6 Å². The van der Waals surface area contributed by atoms with E-state index in [9.17, 15) is 4.79 Å². The molecule has 84 valence electrons. The van der Waals surface area contributed by atoms with Crippen LogP contribution in [0.3, 0.4) is 0 Å². The molecule has 1 N–H and O–H groups in total. The van der Waals surface area contributed by atoms with Crippen molar-refractivity contribution in [3.63, 3.8) is 0 Å². The zero-order chi connectivity index (χ0) is 12.0. The number of nitrogens with zero attached hydrogens (tertiary/aromatic N) is 1. The van der Waals surface area contributed by atoms with Crippen LogP contribution >= 0.6 is 11.6 Å². The van der Waals surface area contributed by atoms with Crippen LogP contribution in [0.2, 0.25) is 5.02 Å². The van der Waals surface area contributed by atoms with Gasteiger partial charge in [-0.15, -0.1) is 0 Å². The highest BCUT2D eigenvalue weighted by molar-refractivity contribution is 6.31. The molecular formula is C11H11ClN2O2. The Hall–Kier alpha value is -1.73. The number of hydrogen-bond donors (Lipinski definition) is 1. The summed E-state index contributed by atoms with van der Waals surface area (Å²) in [6.45, 7) is 0.280. The van der Waals surface area contributed by atoms with Crippen LogP contribution in [0.25, 0.3) is 0 Å². The van der Waals surface area contributed by atoms with Gasteiger partial charge in [0.05, 0.1) is 23.6 Å². The first-order valence-electron chi connectivity index (χ1n) is 4.70. The second kappa shape index (κ2) is 5.99. The third kappa shape index (κ3) is 3.44. The second-order valence-electron chi connectivity index (χ2n) is 3.03. The molecule has 0 radical (unpaired) electrons. The van der Waals surface area contributed by atoms with Crippen LogP contribution in [-0.2, 0) is 4.79 Å². The molecule has 0 aliphatic carbocycles. The van der Waals surface area contributed by atoms with Gasteiger partial charge in [0.15, 0.2) is 0 Å². The van der Waals surface area contributed by atoms with Crippen molar-refractivity contribution in [2.75, 3.05) is 13.7 Å². The average Bonchev–Trinajstić information content (AvgIpc) is 2.29. The fourth-order valence-corrected chi connectivity index (χ4v) is 1.28. The molecular weight excluding hydrogens is 228 g/mol. The van der Waals surface area contributed by atoms with Crippen molar-refractivity contribution in [2.45, 2.75) is 6.42 Å². The minimum atomic E-state index is -0.0836. The third-order valence-electron chi connectivity index (χ3n) is 1.94. The summed E-state index contributed by atoms with van der Waals surface area (Å²) in [6, 6.07) is 6.74. The first kappa shape index (κ1) is 12.3. The lowest BCUT2D eigenvalue weighted by Gasteiger charge is -2.06. The van der Waals surface area contributed by atoms with Crippen LogP contribution in [0, 0.1) is 11.3 Å². The Morgan fingerprint density at radius 1 is 1.62 bits per heavy atom. The number of benzene rings is 1. The maximum absolute atomic E-state index is 10.9. The Morgan fingerprint density at radius 3 is 2.94 bits per heavy atom. The summed E-state index contributed by atoms with van der Waals surface area (Å²) < 4.78 is 5.30. The molecule has 4 nitrogen and oxygen atoms in total. The molecule has 0 unspecified atom stereocenters. The van der Waals surface area contributed by atoms with Crippen molar-refractivity contribution in [1.82, 2.24) is 5.32 Å². The summed E-state index contributed by atoms with van der Waals surface area (Å²) >= 11 is 5.82. The van der Waals surface area contributed by atoms with E-state index < -0.39 is 0 Å². The van der Waals surface area contributed by atoms with Crippen LogP contribution in [0.15, 0.2) is 18.2 Å². The van der Waals surface area contributed by atoms with Gasteiger partial charge >= 0.3 is 0 Å². The molecule has 1 amide bonds. The molecule has 0 heterocycles. The van der Waals surface area contributed by atoms with E-state index in [2.05, 4.69) is 5.32 Å². The van der Waals surface area contributed by atoms with Crippen LogP contribution in [0.1, 0.15) is 12.0 Å². The molecule has 1 aromatic rings. The van der Waals surface area contributed by atoms with Crippen LogP contribution in [-0.4, -0.2) is 19.6 Å². The fraction of sp³-hybridized carbons (Fsp3) is 0.273. The minimum Gasteiger partial charge on any atom is -0.493 e. The van der Waals surface area contributed by atoms with Gasteiger partial charge in [-0.2, -0.15) is 5.26 Å². The Balaban J connectivity index is 2.53. The molecule has 0 bridgehead atoms. The Bertz CT molecular complexity index is 426. The largest absolute Gasteiger partial charge is 0.493 e. The van der Waals surface area contributed by atoms with E-state index in [1.54, 1.807) is 25.2 Å². The first-order chi connectivity index (χ1) is 7.67. The van der Waals surface area contributed by atoms with E-state index in [-0.39, 0.29) is 18.9 Å². The SMILES string of the molecule is CNC(=O)CCOc1ccc(C#N)c(Cl)c1. The van der Waals surface area contributed by atoms with Crippen LogP contribution < -0.4 is 10.1 Å². The number of halogens is 1. The van der Waals surface area contributed by atoms with Crippen LogP contribution in [0.5, 0.6) is 5.75 Å². The highest BCUT2D eigenvalue weighted by atomic mass is 35.5. The van der Waals surface area contributed by atoms with Gasteiger partial charge in [-0.1, -0.05) is 11.6 Å². The lowest BCUT2D eigenvalue weighted by atomic mass is 10.2. The standard InChI is InChI=1S/C11H11ClN2O2/c1-14-11(15)4-5-16-9-3-2-8(7-13)10(12)6-9/h2-3,6H,4-5H2,1H3,(H,14,15). The molecule has 0 atom stereocenters. The molecule has 0 saturated carbocycles. The maximum Gasteiger partial charge on any atom is 0.223 e. The Kier molecular flexibility index (Phi) is 4.62. The zero-order valence-corrected chi connectivity index (χ0v) is 9.54. The van der Waals surface area contributed by atoms with E-state index >= 15 is 0 Å². The van der Waals surface area contributed by atoms with Crippen molar-refractivity contribution in [2.24, 2.45) is 0 Å². The normalized spacial score (nSPS) is 9.31. The van der Waals surface area contributed by atoms with Crippen molar-refractivity contribution >= 4 is 17.5 Å². The van der Waals surface area contributed by atoms with Gasteiger partial charge in [0.1, 0.15) is 11.8 Å². The summed E-state index contributed by atoms with van der Waals surface area (Å²) in [5.74, 6) is 0.465. The number of amides is 1. The highest BCUT2D eigenvalue weighted by Gasteiger charge is 2.03. The zero-order valence-electron chi connectivity index (χ0n) is 8.79. The highest BCUT2D eigenvalue weighted by Crippen LogP contribution is 2.21. The van der Waals surface area contributed by atoms with Gasteiger partial charge in [0.2, 0.25) is 5.91 Å². The summed E-state index contributed by atoms with van der Waals surface area (Å²) in [6.07, 6.45) is 0.286. The number of carbonyl (C=O) groups excluding carboxylic acids is 1. The van der Waals surface area contributed by atoms with Crippen LogP contribution in [0.4, 0.5) is 0 Å². The first-order valence-corrected chi connectivity index (χ1v) is 5.08. The molecule has 0 saturated heterocycles. The van der Waals surface area contributed by atoms with Gasteiger partial charge < -0.3 is 10.1 Å². The van der Waals surface area contributed by atoms with Gasteiger partial charge in [-0.3, -0.25) is 4.79 Å². The van der Waals surface area contributed by atoms with Gasteiger partial charge in [-0.25, -0.2) is 0 Å². The van der Waals surface area contributed by atoms with Gasteiger partial charge in [0, 0.05) is 13.1 Å². The molecule has 0 fully saturated rings. The number of nitrogens with one attached hydrogen (secondary N) is 1. The van der Waals surface area contributed by atoms with Gasteiger partial charge in [0.25, 0.3) is 0 Å². The topological polar surface area (TPSA) is 62.1 Å². The molecule has 1 rings (SSSR count). The van der Waals surface area contributed by atoms with E-state index in [0.717, 1.165) is 0 Å². The maximum atomic E-state index is 10.9. The lowest BCUT2D eigenvalue weighted by molar-refractivity contribution is -0.121. The van der Waals surface area contributed by atoms with Crippen molar-refractivity contribution in [1.29, 1.82) is 5.26 Å². The number of carbonyl (C=O) groups is 1. The molecule has 1 aromatic carbocycles. The molecule has 0 spiro atoms. The monoisotopic (exact) mass is 238 g/mol. The molecule has 0 aromatic heterocycles. The van der Waals surface area contributed by atoms with E-state index in [1.807, 2.05) is 6.07 Å². The van der Waals surface area contributed by atoms with Crippen molar-refractivity contribution in [3.05, 3.63) is 28.8 Å². The summed E-state index contributed by atoms with van der Waals surface area (Å²) in [5.41, 5.74) is 0.403. The summed E-state index contributed by atoms with van der Waals surface area (Å²) in [7, 11) is 1.57. The minimum absolute atomic E-state index is 0.0836. The predicted octanol–water partition coefficient (Wildman–Crippen LogP) is 1.73. The predicted molar refractivity (Wildman–Crippen MR) is 60.3 cm³/mol. The average molecular weight is 239 g/mol. The smallest absolute Gasteiger partial charge is 0.223 e. The molecule has 16 heavy (non-hydrogen) atoms. The number of hydrogen-bond acceptors (Lipinski definition) is 3. The second-order valence-corrected chi connectivity index (χ2v) is 3.43. The Labute approximate surface area is 98.8 Å². The quantitative estimate of drug-likeness (QED) is 0.869. The molecule has 5 heteroatoms. The number of nitriles is 1. The van der Waals surface area contributed by atoms with Crippen molar-refractivity contribution in [3.8, 4) is 11.8 Å². The fourth-order valence-electron chi connectivity index (χ4n) is 1.06. The molecule has 0 aliphatic heterocycles. The Morgan fingerprint density at radius 2 is 2.38 bits per heavy atom. The van der Waals surface area contributed by atoms with Gasteiger partial charge in [-0.05, 0) is 12.1 Å². The van der Waals surface area contributed by atoms with E-state index in [0.29, 0.717) is 16.3 Å². The number of rotatable bonds is 4. The lowest BCUT2D eigenvalue weighted by Crippen LogP contribution is -2.20. The third-order valence-corrected chi connectivity index (χ3v) is 2.25. The summed E-state index contributed by atoms with van der Waals surface area (Å²) in [4.78, 5) is 10.9. The van der Waals surface area contributed by atoms with E-state index in [1.165, 1.54) is 0 Å². The number of ether oxygens (including phenoxy) is 1.